The first-order chi connectivity index (χ1) is 10.1. The molecule has 4 heteroatoms. The largest absolute Gasteiger partial charge is 0.383 e. The van der Waals surface area contributed by atoms with Gasteiger partial charge >= 0.3 is 0 Å². The lowest BCUT2D eigenvalue weighted by molar-refractivity contribution is -0.112. The van der Waals surface area contributed by atoms with E-state index in [9.17, 15) is 4.79 Å². The van der Waals surface area contributed by atoms with Gasteiger partial charge in [0.25, 0.3) is 5.91 Å². The van der Waals surface area contributed by atoms with Crippen LogP contribution in [0.25, 0.3) is 5.57 Å². The van der Waals surface area contributed by atoms with Gasteiger partial charge in [0.1, 0.15) is 0 Å². The topological polar surface area (TPSA) is 23.6 Å². The standard InChI is InChI=1S/C17H15ClN2O/c1-19(2)11-15-14-9-8-12(18)10-16(14)20(17(15)21)13-6-4-3-5-7-13/h3-11H,1-2H3. The van der Waals surface area contributed by atoms with E-state index < -0.39 is 0 Å². The Balaban J connectivity index is 2.20. The van der Waals surface area contributed by atoms with Crippen molar-refractivity contribution in [2.24, 2.45) is 0 Å². The number of hydrogen-bond donors (Lipinski definition) is 0. The van der Waals surface area contributed by atoms with Crippen molar-refractivity contribution in [2.45, 2.75) is 0 Å². The molecule has 0 fully saturated rings. The Hall–Kier alpha value is -2.26. The van der Waals surface area contributed by atoms with Crippen LogP contribution in [0.1, 0.15) is 5.56 Å². The van der Waals surface area contributed by atoms with E-state index >= 15 is 0 Å². The summed E-state index contributed by atoms with van der Waals surface area (Å²) >= 11 is 6.11. The number of benzene rings is 2. The molecule has 0 saturated carbocycles. The highest BCUT2D eigenvalue weighted by Crippen LogP contribution is 2.42. The molecule has 0 aromatic heterocycles. The van der Waals surface area contributed by atoms with Crippen molar-refractivity contribution < 1.29 is 4.79 Å². The number of fused-ring (bicyclic) bond motifs is 1. The summed E-state index contributed by atoms with van der Waals surface area (Å²) in [7, 11) is 3.81. The molecule has 0 N–H and O–H groups in total. The van der Waals surface area contributed by atoms with Crippen LogP contribution in [0, 0.1) is 0 Å². The van der Waals surface area contributed by atoms with Gasteiger partial charge in [-0.2, -0.15) is 0 Å². The van der Waals surface area contributed by atoms with Crippen LogP contribution in [0.2, 0.25) is 5.02 Å². The predicted molar refractivity (Wildman–Crippen MR) is 86.7 cm³/mol. The number of carbonyl (C=O) groups is 1. The fraction of sp³-hybridized carbons (Fsp3) is 0.118. The zero-order chi connectivity index (χ0) is 15.0. The lowest BCUT2D eigenvalue weighted by Gasteiger charge is -2.17. The van der Waals surface area contributed by atoms with Gasteiger partial charge in [0.05, 0.1) is 11.3 Å². The normalized spacial score (nSPS) is 15.5. The van der Waals surface area contributed by atoms with Crippen LogP contribution >= 0.6 is 11.6 Å². The molecule has 0 radical (unpaired) electrons. The van der Waals surface area contributed by atoms with Crippen LogP contribution < -0.4 is 4.90 Å². The summed E-state index contributed by atoms with van der Waals surface area (Å²) in [5.41, 5.74) is 3.25. The number of amides is 1. The molecule has 3 rings (SSSR count). The lowest BCUT2D eigenvalue weighted by atomic mass is 10.1. The molecule has 0 saturated heterocycles. The number of carbonyl (C=O) groups excluding carboxylic acids is 1. The van der Waals surface area contributed by atoms with Gasteiger partial charge in [-0.15, -0.1) is 0 Å². The van der Waals surface area contributed by atoms with Crippen LogP contribution in [-0.4, -0.2) is 24.9 Å². The lowest BCUT2D eigenvalue weighted by Crippen LogP contribution is -2.21. The smallest absolute Gasteiger partial charge is 0.265 e. The highest BCUT2D eigenvalue weighted by atomic mass is 35.5. The van der Waals surface area contributed by atoms with Crippen molar-refractivity contribution >= 4 is 34.5 Å². The highest BCUT2D eigenvalue weighted by Gasteiger charge is 2.33. The molecule has 1 heterocycles. The molecule has 0 aliphatic carbocycles. The summed E-state index contributed by atoms with van der Waals surface area (Å²) in [4.78, 5) is 16.4. The van der Waals surface area contributed by atoms with Gasteiger partial charge in [-0.3, -0.25) is 9.69 Å². The Labute approximate surface area is 129 Å². The third-order valence-corrected chi connectivity index (χ3v) is 3.56. The van der Waals surface area contributed by atoms with E-state index in [1.807, 2.05) is 73.7 Å². The predicted octanol–water partition coefficient (Wildman–Crippen LogP) is 3.92. The molecule has 1 amide bonds. The van der Waals surface area contributed by atoms with Gasteiger partial charge in [-0.1, -0.05) is 35.9 Å². The van der Waals surface area contributed by atoms with E-state index in [1.165, 1.54) is 0 Å². The summed E-state index contributed by atoms with van der Waals surface area (Å²) in [5, 5.41) is 0.619. The first-order valence-corrected chi connectivity index (χ1v) is 7.03. The first-order valence-electron chi connectivity index (χ1n) is 6.65. The minimum absolute atomic E-state index is 0.0350. The van der Waals surface area contributed by atoms with Gasteiger partial charge in [0, 0.05) is 36.6 Å². The Morgan fingerprint density at radius 1 is 1.10 bits per heavy atom. The number of anilines is 2. The summed E-state index contributed by atoms with van der Waals surface area (Å²) in [5.74, 6) is -0.0350. The minimum atomic E-state index is -0.0350. The Kier molecular flexibility index (Phi) is 3.43. The van der Waals surface area contributed by atoms with E-state index in [1.54, 1.807) is 4.90 Å². The Morgan fingerprint density at radius 3 is 2.48 bits per heavy atom. The second-order valence-electron chi connectivity index (χ2n) is 5.14. The summed E-state index contributed by atoms with van der Waals surface area (Å²) in [6, 6.07) is 15.1. The zero-order valence-corrected chi connectivity index (χ0v) is 12.6. The van der Waals surface area contributed by atoms with Gasteiger partial charge < -0.3 is 4.90 Å². The molecule has 1 aliphatic rings. The van der Waals surface area contributed by atoms with Crippen molar-refractivity contribution in [3.63, 3.8) is 0 Å². The zero-order valence-electron chi connectivity index (χ0n) is 11.9. The van der Waals surface area contributed by atoms with Crippen LogP contribution in [0.5, 0.6) is 0 Å². The van der Waals surface area contributed by atoms with E-state index in [0.717, 1.165) is 16.9 Å². The molecular weight excluding hydrogens is 284 g/mol. The van der Waals surface area contributed by atoms with Gasteiger partial charge in [-0.25, -0.2) is 0 Å². The molecule has 0 bridgehead atoms. The first kappa shape index (κ1) is 13.7. The molecule has 0 spiro atoms. The van der Waals surface area contributed by atoms with Crippen molar-refractivity contribution in [3.05, 3.63) is 65.3 Å². The fourth-order valence-corrected chi connectivity index (χ4v) is 2.65. The molecule has 106 valence electrons. The number of hydrogen-bond acceptors (Lipinski definition) is 2. The molecule has 21 heavy (non-hydrogen) atoms. The maximum Gasteiger partial charge on any atom is 0.265 e. The summed E-state index contributed by atoms with van der Waals surface area (Å²) in [6.07, 6.45) is 1.85. The second kappa shape index (κ2) is 5.26. The molecule has 1 aliphatic heterocycles. The summed E-state index contributed by atoms with van der Waals surface area (Å²) in [6.45, 7) is 0. The number of rotatable bonds is 2. The number of nitrogens with zero attached hydrogens (tertiary/aromatic N) is 2. The van der Waals surface area contributed by atoms with Crippen LogP contribution in [0.3, 0.4) is 0 Å². The average Bonchev–Trinajstić information content (AvgIpc) is 2.71. The van der Waals surface area contributed by atoms with Crippen LogP contribution in [0.15, 0.2) is 54.7 Å². The van der Waals surface area contributed by atoms with Gasteiger partial charge in [-0.05, 0) is 24.3 Å². The SMILES string of the molecule is CN(C)C=C1C(=O)N(c2ccccc2)c2cc(Cl)ccc21. The molecule has 2 aromatic carbocycles. The van der Waals surface area contributed by atoms with Crippen molar-refractivity contribution in [1.29, 1.82) is 0 Å². The van der Waals surface area contributed by atoms with Gasteiger partial charge in [0.2, 0.25) is 0 Å². The summed E-state index contributed by atoms with van der Waals surface area (Å²) < 4.78 is 0. The fourth-order valence-electron chi connectivity index (χ4n) is 2.48. The maximum absolute atomic E-state index is 12.8. The number of para-hydroxylation sites is 1. The second-order valence-corrected chi connectivity index (χ2v) is 5.58. The van der Waals surface area contributed by atoms with E-state index in [0.29, 0.717) is 10.6 Å². The Bertz CT molecular complexity index is 723. The molecule has 0 atom stereocenters. The van der Waals surface area contributed by atoms with Crippen molar-refractivity contribution in [3.8, 4) is 0 Å². The Morgan fingerprint density at radius 2 is 1.81 bits per heavy atom. The third-order valence-electron chi connectivity index (χ3n) is 3.33. The highest BCUT2D eigenvalue weighted by molar-refractivity contribution is 6.36. The molecular formula is C17H15ClN2O. The monoisotopic (exact) mass is 298 g/mol. The van der Waals surface area contributed by atoms with Crippen LogP contribution in [0.4, 0.5) is 11.4 Å². The van der Waals surface area contributed by atoms with Crippen molar-refractivity contribution in [1.82, 2.24) is 4.90 Å². The quantitative estimate of drug-likeness (QED) is 0.785. The van der Waals surface area contributed by atoms with Crippen LogP contribution in [-0.2, 0) is 4.79 Å². The molecule has 2 aromatic rings. The number of halogens is 1. The van der Waals surface area contributed by atoms with E-state index in [4.69, 9.17) is 11.6 Å². The molecule has 0 unspecified atom stereocenters. The van der Waals surface area contributed by atoms with E-state index in [-0.39, 0.29) is 5.91 Å². The maximum atomic E-state index is 12.8. The average molecular weight is 299 g/mol. The third kappa shape index (κ3) is 2.41. The minimum Gasteiger partial charge on any atom is -0.383 e. The van der Waals surface area contributed by atoms with Gasteiger partial charge in [0.15, 0.2) is 0 Å². The van der Waals surface area contributed by atoms with Crippen molar-refractivity contribution in [2.75, 3.05) is 19.0 Å². The molecule has 3 nitrogen and oxygen atoms in total. The van der Waals surface area contributed by atoms with E-state index in [2.05, 4.69) is 0 Å².